The maximum Gasteiger partial charge on any atom is 0.243 e. The van der Waals surface area contributed by atoms with E-state index in [0.717, 1.165) is 24.0 Å². The smallest absolute Gasteiger partial charge is 0.243 e. The minimum absolute atomic E-state index is 0.117. The molecule has 1 N–H and O–H groups in total. The van der Waals surface area contributed by atoms with Gasteiger partial charge < -0.3 is 10.1 Å². The van der Waals surface area contributed by atoms with E-state index in [1.807, 2.05) is 0 Å². The summed E-state index contributed by atoms with van der Waals surface area (Å²) in [7, 11) is -5.67. The fraction of sp³-hybridized carbons (Fsp3) is 0.480. The molecule has 2 aliphatic rings. The predicted molar refractivity (Wildman–Crippen MR) is 135 cm³/mol. The molecule has 0 spiro atoms. The van der Waals surface area contributed by atoms with E-state index in [1.165, 1.54) is 21.8 Å². The van der Waals surface area contributed by atoms with Crippen molar-refractivity contribution in [2.75, 3.05) is 33.3 Å². The molecule has 36 heavy (non-hydrogen) atoms. The van der Waals surface area contributed by atoms with Crippen molar-refractivity contribution in [3.8, 4) is 5.75 Å². The Labute approximate surface area is 213 Å². The zero-order chi connectivity index (χ0) is 25.9. The van der Waals surface area contributed by atoms with Crippen LogP contribution in [0.25, 0.3) is 0 Å². The molecule has 0 aromatic heterocycles. The molecule has 9 nitrogen and oxygen atoms in total. The number of amides is 1. The van der Waals surface area contributed by atoms with Gasteiger partial charge in [-0.25, -0.2) is 16.8 Å². The van der Waals surface area contributed by atoms with Gasteiger partial charge in [0.05, 0.1) is 22.8 Å². The highest BCUT2D eigenvalue weighted by atomic mass is 32.2. The molecule has 0 aliphatic carbocycles. The second kappa shape index (κ2) is 10.9. The van der Waals surface area contributed by atoms with Gasteiger partial charge in [-0.05, 0) is 74.1 Å². The summed E-state index contributed by atoms with van der Waals surface area (Å²) in [6.07, 6.45) is 2.95. The summed E-state index contributed by atoms with van der Waals surface area (Å²) in [6, 6.07) is 11.3. The molecule has 2 saturated heterocycles. The quantitative estimate of drug-likeness (QED) is 0.556. The van der Waals surface area contributed by atoms with Crippen LogP contribution < -0.4 is 10.1 Å². The van der Waals surface area contributed by atoms with Crippen LogP contribution >= 0.6 is 0 Å². The third-order valence-electron chi connectivity index (χ3n) is 6.85. The Morgan fingerprint density at radius 3 is 2.17 bits per heavy atom. The Hall–Kier alpha value is -2.47. The molecular weight excluding hydrogens is 502 g/mol. The lowest BCUT2D eigenvalue weighted by Gasteiger charge is -2.31. The Bertz CT molecular complexity index is 1300. The van der Waals surface area contributed by atoms with Crippen LogP contribution in [0.15, 0.2) is 52.3 Å². The van der Waals surface area contributed by atoms with Gasteiger partial charge >= 0.3 is 0 Å². The molecule has 0 saturated carbocycles. The topological polar surface area (TPSA) is 113 Å². The molecule has 11 heteroatoms. The van der Waals surface area contributed by atoms with E-state index in [0.29, 0.717) is 38.2 Å². The van der Waals surface area contributed by atoms with E-state index in [2.05, 4.69) is 5.32 Å². The minimum Gasteiger partial charge on any atom is -0.496 e. The first-order chi connectivity index (χ1) is 17.1. The van der Waals surface area contributed by atoms with Gasteiger partial charge in [-0.15, -0.1) is 0 Å². The standard InChI is InChI=1S/C25H33N3O6S2/c1-19-16-23(11-12-24(19)34-2)36(32,33)28-15-5-6-21(18-28)25(29)26-17-20-7-9-22(10-8-20)35(30,31)27-13-3-4-14-27/h7-12,16,21H,3-6,13-15,17-18H2,1-2H3,(H,26,29). The van der Waals surface area contributed by atoms with Gasteiger partial charge in [-0.1, -0.05) is 12.1 Å². The average Bonchev–Trinajstić information content (AvgIpc) is 3.44. The number of sulfonamides is 2. The highest BCUT2D eigenvalue weighted by Crippen LogP contribution is 2.27. The summed E-state index contributed by atoms with van der Waals surface area (Å²) < 4.78 is 59.8. The third kappa shape index (κ3) is 5.59. The van der Waals surface area contributed by atoms with Gasteiger partial charge in [0.25, 0.3) is 0 Å². The zero-order valence-electron chi connectivity index (χ0n) is 20.6. The van der Waals surface area contributed by atoms with Crippen molar-refractivity contribution >= 4 is 26.0 Å². The van der Waals surface area contributed by atoms with Crippen LogP contribution in [0.4, 0.5) is 0 Å². The fourth-order valence-corrected chi connectivity index (χ4v) is 7.85. The van der Waals surface area contributed by atoms with Crippen molar-refractivity contribution in [2.45, 2.75) is 48.9 Å². The summed E-state index contributed by atoms with van der Waals surface area (Å²) in [5, 5.41) is 2.88. The monoisotopic (exact) mass is 535 g/mol. The first-order valence-electron chi connectivity index (χ1n) is 12.1. The molecule has 0 bridgehead atoms. The number of carbonyl (C=O) groups is 1. The largest absolute Gasteiger partial charge is 0.496 e. The van der Waals surface area contributed by atoms with Crippen LogP contribution in [-0.4, -0.2) is 64.6 Å². The van der Waals surface area contributed by atoms with Gasteiger partial charge in [-0.3, -0.25) is 4.79 Å². The second-order valence-electron chi connectivity index (χ2n) is 9.31. The summed E-state index contributed by atoms with van der Waals surface area (Å²) in [5.41, 5.74) is 1.50. The van der Waals surface area contributed by atoms with Gasteiger partial charge in [0.1, 0.15) is 5.75 Å². The van der Waals surface area contributed by atoms with E-state index in [-0.39, 0.29) is 28.8 Å². The normalized spacial score (nSPS) is 19.8. The molecule has 1 amide bonds. The Morgan fingerprint density at radius 1 is 0.917 bits per heavy atom. The number of hydrogen-bond acceptors (Lipinski definition) is 6. The number of carbonyl (C=O) groups excluding carboxylic acids is 1. The number of benzene rings is 2. The van der Waals surface area contributed by atoms with Crippen molar-refractivity contribution < 1.29 is 26.4 Å². The molecule has 2 aromatic carbocycles. The summed E-state index contributed by atoms with van der Waals surface area (Å²) >= 11 is 0. The third-order valence-corrected chi connectivity index (χ3v) is 10.6. The van der Waals surface area contributed by atoms with Crippen LogP contribution in [0.2, 0.25) is 0 Å². The molecular formula is C25H33N3O6S2. The fourth-order valence-electron chi connectivity index (χ4n) is 4.73. The lowest BCUT2D eigenvalue weighted by Crippen LogP contribution is -2.45. The molecule has 1 atom stereocenters. The van der Waals surface area contributed by atoms with Gasteiger partial charge in [0.2, 0.25) is 26.0 Å². The van der Waals surface area contributed by atoms with E-state index >= 15 is 0 Å². The van der Waals surface area contributed by atoms with E-state index < -0.39 is 26.0 Å². The molecule has 2 aliphatic heterocycles. The summed E-state index contributed by atoms with van der Waals surface area (Å²) in [4.78, 5) is 13.3. The van der Waals surface area contributed by atoms with Crippen molar-refractivity contribution in [3.63, 3.8) is 0 Å². The number of ether oxygens (including phenoxy) is 1. The van der Waals surface area contributed by atoms with Gasteiger partial charge in [0, 0.05) is 32.7 Å². The zero-order valence-corrected chi connectivity index (χ0v) is 22.3. The highest BCUT2D eigenvalue weighted by Gasteiger charge is 2.33. The maximum atomic E-state index is 13.2. The molecule has 2 fully saturated rings. The number of hydrogen-bond donors (Lipinski definition) is 1. The first-order valence-corrected chi connectivity index (χ1v) is 15.0. The minimum atomic E-state index is -3.73. The molecule has 4 rings (SSSR count). The number of nitrogens with zero attached hydrogens (tertiary/aromatic N) is 2. The number of nitrogens with one attached hydrogen (secondary N) is 1. The van der Waals surface area contributed by atoms with E-state index in [1.54, 1.807) is 43.3 Å². The van der Waals surface area contributed by atoms with Crippen LogP contribution in [0.3, 0.4) is 0 Å². The Balaban J connectivity index is 1.36. The second-order valence-corrected chi connectivity index (χ2v) is 13.2. The van der Waals surface area contributed by atoms with Crippen molar-refractivity contribution in [1.29, 1.82) is 0 Å². The molecule has 196 valence electrons. The van der Waals surface area contributed by atoms with Crippen molar-refractivity contribution in [2.24, 2.45) is 5.92 Å². The predicted octanol–water partition coefficient (Wildman–Crippen LogP) is 2.51. The van der Waals surface area contributed by atoms with E-state index in [9.17, 15) is 21.6 Å². The number of piperidine rings is 1. The maximum absolute atomic E-state index is 13.2. The van der Waals surface area contributed by atoms with Crippen molar-refractivity contribution in [3.05, 3.63) is 53.6 Å². The lowest BCUT2D eigenvalue weighted by atomic mass is 9.99. The SMILES string of the molecule is COc1ccc(S(=O)(=O)N2CCCC(C(=O)NCc3ccc(S(=O)(=O)N4CCCC4)cc3)C2)cc1C. The van der Waals surface area contributed by atoms with Gasteiger partial charge in [0.15, 0.2) is 0 Å². The first kappa shape index (κ1) is 26.6. The lowest BCUT2D eigenvalue weighted by molar-refractivity contribution is -0.126. The molecule has 2 aromatic rings. The van der Waals surface area contributed by atoms with Crippen LogP contribution in [0.1, 0.15) is 36.8 Å². The summed E-state index contributed by atoms with van der Waals surface area (Å²) in [6.45, 7) is 3.61. The molecule has 1 unspecified atom stereocenters. The van der Waals surface area contributed by atoms with E-state index in [4.69, 9.17) is 4.74 Å². The Morgan fingerprint density at radius 2 is 1.53 bits per heavy atom. The van der Waals surface area contributed by atoms with Crippen LogP contribution in [0, 0.1) is 12.8 Å². The van der Waals surface area contributed by atoms with Gasteiger partial charge in [-0.2, -0.15) is 8.61 Å². The van der Waals surface area contributed by atoms with Crippen molar-refractivity contribution in [1.82, 2.24) is 13.9 Å². The molecule has 2 heterocycles. The Kier molecular flexibility index (Phi) is 8.03. The van der Waals surface area contributed by atoms with Crippen LogP contribution in [0.5, 0.6) is 5.75 Å². The number of rotatable bonds is 8. The number of methoxy groups -OCH3 is 1. The summed E-state index contributed by atoms with van der Waals surface area (Å²) in [5.74, 6) is -0.0520. The average molecular weight is 536 g/mol. The highest BCUT2D eigenvalue weighted by molar-refractivity contribution is 7.89. The number of aryl methyl sites for hydroxylation is 1. The van der Waals surface area contributed by atoms with Crippen LogP contribution in [-0.2, 0) is 31.4 Å². The molecule has 0 radical (unpaired) electrons.